The van der Waals surface area contributed by atoms with Gasteiger partial charge in [0.25, 0.3) is 0 Å². The Kier molecular flexibility index (Phi) is 14.2. The predicted octanol–water partition coefficient (Wildman–Crippen LogP) is 9.39. The summed E-state index contributed by atoms with van der Waals surface area (Å²) in [6, 6.07) is 43.5. The van der Waals surface area contributed by atoms with Crippen molar-refractivity contribution in [2.45, 2.75) is 53.6 Å². The van der Waals surface area contributed by atoms with E-state index in [9.17, 15) is 0 Å². The van der Waals surface area contributed by atoms with Crippen LogP contribution in [0.5, 0.6) is 0 Å². The Morgan fingerprint density at radius 3 is 1.00 bits per heavy atom. The standard InChI is InChI=1S/2C24H25NOP.Fe/c2*1-24(2,3)22-17-26-23(25-22)20-15-10-16-21(20)27(18-11-6-4-7-12-18)19-13-8-5-9-14-19;/h2*4-16,22H,17H2,1-3H3;/q;;+2/t2*22-;/m11./s1. The zero-order valence-corrected chi connectivity index (χ0v) is 35.4. The van der Waals surface area contributed by atoms with Crippen LogP contribution < -0.4 is 21.2 Å². The number of hydrogen-bond acceptors (Lipinski definition) is 4. The second kappa shape index (κ2) is 18.6. The van der Waals surface area contributed by atoms with Gasteiger partial charge in [0, 0.05) is 11.3 Å². The molecule has 2 heterocycles. The van der Waals surface area contributed by atoms with E-state index < -0.39 is 15.8 Å². The smallest absolute Gasteiger partial charge is 0.478 e. The topological polar surface area (TPSA) is 43.2 Å². The summed E-state index contributed by atoms with van der Waals surface area (Å²) in [6.45, 7) is 14.7. The first-order valence-electron chi connectivity index (χ1n) is 18.8. The number of benzene rings is 4. The molecule has 4 aromatic rings. The molecule has 0 unspecified atom stereocenters. The number of ether oxygens (including phenoxy) is 2. The minimum atomic E-state index is -0.649. The van der Waals surface area contributed by atoms with E-state index in [2.05, 4.69) is 201 Å². The molecule has 4 aromatic carbocycles. The summed E-state index contributed by atoms with van der Waals surface area (Å²) in [5.41, 5.74) is 2.85. The van der Waals surface area contributed by atoms with Crippen molar-refractivity contribution in [3.8, 4) is 0 Å². The summed E-state index contributed by atoms with van der Waals surface area (Å²) in [4.78, 5) is 9.87. The first kappa shape index (κ1) is 41.8. The van der Waals surface area contributed by atoms with Gasteiger partial charge in [-0.05, 0) is 86.4 Å². The fourth-order valence-electron chi connectivity index (χ4n) is 6.67. The Hall–Kier alpha value is -2.80. The second-order valence-electron chi connectivity index (χ2n) is 15.9. The van der Waals surface area contributed by atoms with Crippen molar-refractivity contribution in [2.24, 2.45) is 20.8 Å². The third-order valence-electron chi connectivity index (χ3n) is 9.89. The van der Waals surface area contributed by atoms with Crippen molar-refractivity contribution in [3.05, 3.63) is 183 Å². The maximum absolute atomic E-state index is 6.06. The Balaban J connectivity index is 0.000000184. The molecule has 2 aliphatic heterocycles. The summed E-state index contributed by atoms with van der Waals surface area (Å²) in [5, 5.41) is 5.38. The van der Waals surface area contributed by atoms with Gasteiger partial charge in [0.05, 0.1) is 23.9 Å². The van der Waals surface area contributed by atoms with Gasteiger partial charge in [-0.3, -0.25) is 0 Å². The zero-order valence-electron chi connectivity index (χ0n) is 32.5. The van der Waals surface area contributed by atoms with Gasteiger partial charge >= 0.3 is 17.1 Å². The van der Waals surface area contributed by atoms with Crippen molar-refractivity contribution in [3.63, 3.8) is 0 Å². The molecule has 2 saturated carbocycles. The van der Waals surface area contributed by atoms with E-state index in [4.69, 9.17) is 19.5 Å². The molecule has 55 heavy (non-hydrogen) atoms. The molecule has 2 fully saturated rings. The van der Waals surface area contributed by atoms with Crippen LogP contribution in [0.2, 0.25) is 0 Å². The summed E-state index contributed by atoms with van der Waals surface area (Å²) in [6.07, 6.45) is 13.0. The summed E-state index contributed by atoms with van der Waals surface area (Å²) >= 11 is 0. The van der Waals surface area contributed by atoms with Crippen LogP contribution in [0.1, 0.15) is 41.5 Å². The molecule has 4 nitrogen and oxygen atoms in total. The largest absolute Gasteiger partial charge is 2.00 e. The SMILES string of the molecule is CC(C)(C)[C@H]1COC([C]2[CH][CH][CH][C]2P(c2ccccc2)c2ccccc2)=N1.CC(C)(C)[C@H]1COC([C]2[CH][CH][CH][C]2P(c2ccccc2)c2ccccc2)=N1.[Fe+2]. The molecule has 0 amide bonds. The summed E-state index contributed by atoms with van der Waals surface area (Å²) < 4.78 is 12.1. The van der Waals surface area contributed by atoms with E-state index in [1.165, 1.54) is 32.5 Å². The normalized spacial score (nSPS) is 21.1. The van der Waals surface area contributed by atoms with Crippen LogP contribution in [0.15, 0.2) is 131 Å². The van der Waals surface area contributed by atoms with E-state index in [-0.39, 0.29) is 40.0 Å². The van der Waals surface area contributed by atoms with Crippen LogP contribution in [0.3, 0.4) is 0 Å². The van der Waals surface area contributed by atoms with E-state index in [1.54, 1.807) is 0 Å². The molecule has 0 bridgehead atoms. The second-order valence-corrected chi connectivity index (χ2v) is 20.3. The van der Waals surface area contributed by atoms with E-state index in [1.807, 2.05) is 0 Å². The fraction of sp³-hybridized carbons (Fsp3) is 0.250. The number of rotatable bonds is 8. The zero-order chi connectivity index (χ0) is 37.7. The molecular formula is C48H50FeN2O2P2+2. The quantitative estimate of drug-likeness (QED) is 0.132. The molecule has 4 aliphatic rings. The van der Waals surface area contributed by atoms with Gasteiger partial charge < -0.3 is 9.47 Å². The van der Waals surface area contributed by atoms with E-state index >= 15 is 0 Å². The Bertz CT molecular complexity index is 1630. The van der Waals surface area contributed by atoms with Crippen LogP contribution in [0, 0.1) is 72.5 Å². The van der Waals surface area contributed by atoms with Crippen LogP contribution in [-0.4, -0.2) is 37.1 Å². The van der Waals surface area contributed by atoms with Gasteiger partial charge in [0.2, 0.25) is 0 Å². The summed E-state index contributed by atoms with van der Waals surface area (Å²) in [5.74, 6) is 3.88. The van der Waals surface area contributed by atoms with Gasteiger partial charge in [0.1, 0.15) is 13.2 Å². The van der Waals surface area contributed by atoms with Crippen molar-refractivity contribution in [2.75, 3.05) is 13.2 Å². The summed E-state index contributed by atoms with van der Waals surface area (Å²) in [7, 11) is -1.30. The van der Waals surface area contributed by atoms with Crippen LogP contribution in [-0.2, 0) is 26.5 Å². The maximum Gasteiger partial charge on any atom is 2.00 e. The molecule has 0 N–H and O–H groups in total. The van der Waals surface area contributed by atoms with Gasteiger partial charge in [-0.25, -0.2) is 9.98 Å². The van der Waals surface area contributed by atoms with Crippen LogP contribution in [0.25, 0.3) is 0 Å². The molecular weight excluding hydrogens is 754 g/mol. The monoisotopic (exact) mass is 804 g/mol. The average Bonchev–Trinajstić information content (AvgIpc) is 4.01. The van der Waals surface area contributed by atoms with Crippen molar-refractivity contribution >= 4 is 48.9 Å². The van der Waals surface area contributed by atoms with Crippen LogP contribution >= 0.6 is 15.8 Å². The third kappa shape index (κ3) is 10.0. The fourth-order valence-corrected chi connectivity index (χ4v) is 11.5. The number of aliphatic imine (C=N–C) groups is 2. The third-order valence-corrected chi connectivity index (χ3v) is 14.9. The molecule has 10 radical (unpaired) electrons. The maximum atomic E-state index is 6.06. The van der Waals surface area contributed by atoms with Gasteiger partial charge in [-0.2, -0.15) is 0 Å². The van der Waals surface area contributed by atoms with Gasteiger partial charge in [-0.1, -0.05) is 163 Å². The molecule has 0 saturated heterocycles. The Morgan fingerprint density at radius 2 is 0.745 bits per heavy atom. The molecule has 8 rings (SSSR count). The molecule has 0 spiro atoms. The van der Waals surface area contributed by atoms with E-state index in [0.717, 1.165) is 23.6 Å². The predicted molar refractivity (Wildman–Crippen MR) is 230 cm³/mol. The first-order chi connectivity index (χ1) is 26.1. The molecule has 0 aromatic heterocycles. The first-order valence-corrected chi connectivity index (χ1v) is 21.5. The Morgan fingerprint density at radius 1 is 0.455 bits per heavy atom. The van der Waals surface area contributed by atoms with Gasteiger partial charge in [-0.15, -0.1) is 0 Å². The molecule has 2 aliphatic carbocycles. The Labute approximate surface area is 344 Å². The van der Waals surface area contributed by atoms with Crippen LogP contribution in [0.4, 0.5) is 0 Å². The number of hydrogen-bond donors (Lipinski definition) is 0. The van der Waals surface area contributed by atoms with Crippen molar-refractivity contribution in [1.82, 2.24) is 0 Å². The molecule has 2 atom stereocenters. The minimum Gasteiger partial charge on any atom is -0.478 e. The average molecular weight is 805 g/mol. The van der Waals surface area contributed by atoms with Crippen molar-refractivity contribution < 1.29 is 26.5 Å². The number of nitrogens with zero attached hydrogens (tertiary/aromatic N) is 2. The molecule has 280 valence electrons. The minimum absolute atomic E-state index is 0. The van der Waals surface area contributed by atoms with E-state index in [0.29, 0.717) is 13.2 Å². The van der Waals surface area contributed by atoms with Gasteiger partial charge in [0.15, 0.2) is 11.8 Å². The molecule has 7 heteroatoms. The van der Waals surface area contributed by atoms with Crippen molar-refractivity contribution in [1.29, 1.82) is 0 Å².